The zero-order valence-corrected chi connectivity index (χ0v) is 13.0. The normalized spacial score (nSPS) is 12.4. The van der Waals surface area contributed by atoms with Crippen molar-refractivity contribution in [2.75, 3.05) is 6.54 Å². The maximum Gasteiger partial charge on any atom is 0.106 e. The van der Waals surface area contributed by atoms with Crippen LogP contribution in [-0.4, -0.2) is 22.1 Å². The third kappa shape index (κ3) is 4.30. The number of para-hydroxylation sites is 2. The van der Waals surface area contributed by atoms with Crippen LogP contribution < -0.4 is 5.32 Å². The monoisotopic (exact) mass is 284 g/mol. The van der Waals surface area contributed by atoms with Gasteiger partial charge in [0, 0.05) is 25.6 Å². The molecule has 4 heteroatoms. The molecule has 21 heavy (non-hydrogen) atoms. The lowest BCUT2D eigenvalue weighted by atomic mass is 10.1. The van der Waals surface area contributed by atoms with Gasteiger partial charge in [-0.2, -0.15) is 5.26 Å². The molecule has 2 aromatic rings. The van der Waals surface area contributed by atoms with Crippen molar-refractivity contribution in [2.24, 2.45) is 0 Å². The Hall–Kier alpha value is -1.86. The van der Waals surface area contributed by atoms with Crippen molar-refractivity contribution in [1.82, 2.24) is 14.9 Å². The van der Waals surface area contributed by atoms with Gasteiger partial charge in [0.2, 0.25) is 0 Å². The number of nitrogens with one attached hydrogen (secondary N) is 1. The number of unbranched alkanes of at least 4 members (excludes halogenated alkanes) is 2. The molecule has 0 fully saturated rings. The van der Waals surface area contributed by atoms with Gasteiger partial charge >= 0.3 is 0 Å². The number of benzene rings is 1. The zero-order chi connectivity index (χ0) is 15.1. The second-order valence-electron chi connectivity index (χ2n) is 5.56. The minimum absolute atomic E-state index is 0.499. The Morgan fingerprint density at radius 1 is 1.33 bits per heavy atom. The highest BCUT2D eigenvalue weighted by Crippen LogP contribution is 2.14. The lowest BCUT2D eigenvalue weighted by molar-refractivity contribution is 0.473. The first kappa shape index (κ1) is 15.5. The second kappa shape index (κ2) is 7.80. The summed E-state index contributed by atoms with van der Waals surface area (Å²) in [6.07, 6.45) is 3.93. The van der Waals surface area contributed by atoms with Crippen LogP contribution in [0.5, 0.6) is 0 Å². The van der Waals surface area contributed by atoms with Gasteiger partial charge in [0.1, 0.15) is 5.82 Å². The van der Waals surface area contributed by atoms with Crippen LogP contribution in [0.25, 0.3) is 11.0 Å². The van der Waals surface area contributed by atoms with E-state index in [2.05, 4.69) is 53.0 Å². The highest BCUT2D eigenvalue weighted by Gasteiger charge is 2.07. The number of rotatable bonds is 8. The average Bonchev–Trinajstić information content (AvgIpc) is 2.80. The van der Waals surface area contributed by atoms with Crippen LogP contribution >= 0.6 is 0 Å². The van der Waals surface area contributed by atoms with Crippen molar-refractivity contribution in [3.63, 3.8) is 0 Å². The Bertz CT molecular complexity index is 609. The fourth-order valence-electron chi connectivity index (χ4n) is 2.66. The number of aryl methyl sites for hydroxylation is 1. The third-order valence-corrected chi connectivity index (χ3v) is 3.85. The average molecular weight is 284 g/mol. The molecule has 1 heterocycles. The quantitative estimate of drug-likeness (QED) is 0.756. The van der Waals surface area contributed by atoms with E-state index in [0.29, 0.717) is 12.5 Å². The maximum absolute atomic E-state index is 8.52. The molecule has 0 aliphatic heterocycles. The number of aromatic nitrogens is 2. The van der Waals surface area contributed by atoms with Gasteiger partial charge in [-0.15, -0.1) is 0 Å². The molecule has 0 saturated carbocycles. The van der Waals surface area contributed by atoms with Crippen molar-refractivity contribution < 1.29 is 0 Å². The Morgan fingerprint density at radius 3 is 2.95 bits per heavy atom. The largest absolute Gasteiger partial charge is 0.327 e. The van der Waals surface area contributed by atoms with Crippen LogP contribution in [0.15, 0.2) is 24.3 Å². The van der Waals surface area contributed by atoms with Gasteiger partial charge in [0.15, 0.2) is 0 Å². The van der Waals surface area contributed by atoms with Crippen LogP contribution in [0.1, 0.15) is 38.4 Å². The maximum atomic E-state index is 8.52. The topological polar surface area (TPSA) is 53.6 Å². The van der Waals surface area contributed by atoms with Crippen LogP contribution in [0.4, 0.5) is 0 Å². The molecule has 0 aliphatic carbocycles. The number of nitrogens with zero attached hydrogens (tertiary/aromatic N) is 3. The SMILES string of the molecule is Cc1nc2ccccc2n1CCNC(C)CCCCC#N. The molecule has 4 nitrogen and oxygen atoms in total. The van der Waals surface area contributed by atoms with Crippen molar-refractivity contribution in [2.45, 2.75) is 52.1 Å². The first-order valence-corrected chi connectivity index (χ1v) is 7.74. The summed E-state index contributed by atoms with van der Waals surface area (Å²) >= 11 is 0. The second-order valence-corrected chi connectivity index (χ2v) is 5.56. The molecule has 0 bridgehead atoms. The Kier molecular flexibility index (Phi) is 5.77. The summed E-state index contributed by atoms with van der Waals surface area (Å²) in [5, 5.41) is 12.1. The third-order valence-electron chi connectivity index (χ3n) is 3.85. The molecule has 112 valence electrons. The van der Waals surface area contributed by atoms with E-state index in [0.717, 1.165) is 43.7 Å². The van der Waals surface area contributed by atoms with Gasteiger partial charge in [-0.05, 0) is 38.8 Å². The number of imidazole rings is 1. The van der Waals surface area contributed by atoms with Crippen molar-refractivity contribution in [1.29, 1.82) is 5.26 Å². The first-order chi connectivity index (χ1) is 10.2. The molecular formula is C17H24N4. The van der Waals surface area contributed by atoms with E-state index < -0.39 is 0 Å². The summed E-state index contributed by atoms with van der Waals surface area (Å²) < 4.78 is 2.27. The van der Waals surface area contributed by atoms with Gasteiger partial charge in [-0.25, -0.2) is 4.98 Å². The van der Waals surface area contributed by atoms with Crippen molar-refractivity contribution in [3.8, 4) is 6.07 Å². The van der Waals surface area contributed by atoms with Gasteiger partial charge in [0.25, 0.3) is 0 Å². The molecule has 0 radical (unpaired) electrons. The summed E-state index contributed by atoms with van der Waals surface area (Å²) in [6, 6.07) is 11.0. The van der Waals surface area contributed by atoms with Gasteiger partial charge in [-0.1, -0.05) is 18.6 Å². The molecule has 1 aromatic heterocycles. The first-order valence-electron chi connectivity index (χ1n) is 7.74. The van der Waals surface area contributed by atoms with Gasteiger partial charge < -0.3 is 9.88 Å². The highest BCUT2D eigenvalue weighted by molar-refractivity contribution is 5.75. The Morgan fingerprint density at radius 2 is 2.14 bits per heavy atom. The molecular weight excluding hydrogens is 260 g/mol. The number of nitriles is 1. The van der Waals surface area contributed by atoms with Crippen molar-refractivity contribution in [3.05, 3.63) is 30.1 Å². The summed E-state index contributed by atoms with van der Waals surface area (Å²) in [6.45, 7) is 6.16. The van der Waals surface area contributed by atoms with Crippen LogP contribution in [-0.2, 0) is 6.54 Å². The zero-order valence-electron chi connectivity index (χ0n) is 13.0. The van der Waals surface area contributed by atoms with E-state index in [1.165, 1.54) is 5.52 Å². The number of hydrogen-bond acceptors (Lipinski definition) is 3. The van der Waals surface area contributed by atoms with E-state index >= 15 is 0 Å². The van der Waals surface area contributed by atoms with Crippen LogP contribution in [0.2, 0.25) is 0 Å². The van der Waals surface area contributed by atoms with Crippen molar-refractivity contribution >= 4 is 11.0 Å². The lowest BCUT2D eigenvalue weighted by Crippen LogP contribution is -2.29. The summed E-state index contributed by atoms with van der Waals surface area (Å²) in [4.78, 5) is 4.59. The molecule has 1 atom stereocenters. The van der Waals surface area contributed by atoms with E-state index in [1.807, 2.05) is 6.07 Å². The van der Waals surface area contributed by atoms with Gasteiger partial charge in [-0.3, -0.25) is 0 Å². The smallest absolute Gasteiger partial charge is 0.106 e. The summed E-state index contributed by atoms with van der Waals surface area (Å²) in [5.74, 6) is 1.07. The molecule has 2 rings (SSSR count). The molecule has 1 aromatic carbocycles. The highest BCUT2D eigenvalue weighted by atomic mass is 15.1. The van der Waals surface area contributed by atoms with Crippen LogP contribution in [0, 0.1) is 18.3 Å². The summed E-state index contributed by atoms with van der Waals surface area (Å²) in [7, 11) is 0. The Labute approximate surface area is 126 Å². The van der Waals surface area contributed by atoms with E-state index in [4.69, 9.17) is 5.26 Å². The molecule has 1 unspecified atom stereocenters. The molecule has 0 spiro atoms. The standard InChI is InChI=1S/C17H24N4/c1-14(8-4-3-7-11-18)19-12-13-21-15(2)20-16-9-5-6-10-17(16)21/h5-6,9-10,14,19H,3-4,7-8,12-13H2,1-2H3. The molecule has 0 aliphatic rings. The van der Waals surface area contributed by atoms with E-state index in [9.17, 15) is 0 Å². The Balaban J connectivity index is 1.80. The van der Waals surface area contributed by atoms with E-state index in [-0.39, 0.29) is 0 Å². The minimum atomic E-state index is 0.499. The van der Waals surface area contributed by atoms with E-state index in [1.54, 1.807) is 0 Å². The van der Waals surface area contributed by atoms with Gasteiger partial charge in [0.05, 0.1) is 17.1 Å². The molecule has 1 N–H and O–H groups in total. The minimum Gasteiger partial charge on any atom is -0.327 e. The fourth-order valence-corrected chi connectivity index (χ4v) is 2.66. The summed E-state index contributed by atoms with van der Waals surface area (Å²) in [5.41, 5.74) is 2.28. The predicted octanol–water partition coefficient (Wildman–Crippen LogP) is 3.41. The predicted molar refractivity (Wildman–Crippen MR) is 86.0 cm³/mol. The fraction of sp³-hybridized carbons (Fsp3) is 0.529. The lowest BCUT2D eigenvalue weighted by Gasteiger charge is -2.14. The van der Waals surface area contributed by atoms with Crippen LogP contribution in [0.3, 0.4) is 0 Å². The number of fused-ring (bicyclic) bond motifs is 1. The molecule has 0 saturated heterocycles. The number of hydrogen-bond donors (Lipinski definition) is 1. The molecule has 0 amide bonds.